The van der Waals surface area contributed by atoms with Crippen LogP contribution in [0, 0.1) is 0 Å². The number of benzene rings is 1. The Morgan fingerprint density at radius 1 is 1.26 bits per heavy atom. The van der Waals surface area contributed by atoms with E-state index in [0.717, 1.165) is 5.56 Å². The number of hydrogen-bond donors (Lipinski definition) is 3. The van der Waals surface area contributed by atoms with Crippen LogP contribution < -0.4 is 15.8 Å². The molecular formula is C19H17BrN8O2S. The van der Waals surface area contributed by atoms with E-state index in [-0.39, 0.29) is 17.8 Å². The van der Waals surface area contributed by atoms with Gasteiger partial charge in [-0.3, -0.25) is 10.1 Å². The first-order valence-corrected chi connectivity index (χ1v) is 10.8. The first-order chi connectivity index (χ1) is 15.0. The van der Waals surface area contributed by atoms with Crippen molar-refractivity contribution < 1.29 is 9.53 Å². The predicted octanol–water partition coefficient (Wildman–Crippen LogP) is 2.84. The van der Waals surface area contributed by atoms with Gasteiger partial charge in [-0.1, -0.05) is 42.1 Å². The van der Waals surface area contributed by atoms with Crippen LogP contribution in [0.25, 0.3) is 11.2 Å². The highest BCUT2D eigenvalue weighted by Crippen LogP contribution is 2.30. The van der Waals surface area contributed by atoms with Crippen LogP contribution in [0.4, 0.5) is 11.9 Å². The monoisotopic (exact) mass is 500 g/mol. The second kappa shape index (κ2) is 9.27. The number of fused-ring (bicyclic) bond motifs is 1. The second-order valence-electron chi connectivity index (χ2n) is 6.32. The molecule has 31 heavy (non-hydrogen) atoms. The van der Waals surface area contributed by atoms with Crippen molar-refractivity contribution in [3.63, 3.8) is 0 Å². The number of nitrogen functional groups attached to an aromatic ring is 1. The summed E-state index contributed by atoms with van der Waals surface area (Å²) in [5, 5.41) is 2.74. The number of anilines is 2. The maximum absolute atomic E-state index is 13.2. The number of rotatable bonds is 7. The van der Waals surface area contributed by atoms with Crippen LogP contribution in [-0.4, -0.2) is 48.2 Å². The Bertz CT molecular complexity index is 1220. The first-order valence-electron chi connectivity index (χ1n) is 9.08. The molecule has 0 unspecified atom stereocenters. The highest BCUT2D eigenvalue weighted by atomic mass is 79.9. The summed E-state index contributed by atoms with van der Waals surface area (Å²) < 4.78 is 5.76. The third kappa shape index (κ3) is 4.91. The van der Waals surface area contributed by atoms with E-state index >= 15 is 0 Å². The summed E-state index contributed by atoms with van der Waals surface area (Å²) in [6, 6.07) is 9.69. The Morgan fingerprint density at radius 2 is 2.06 bits per heavy atom. The Labute approximate surface area is 189 Å². The van der Waals surface area contributed by atoms with Gasteiger partial charge in [-0.25, -0.2) is 15.0 Å². The largest absolute Gasteiger partial charge is 0.480 e. The molecule has 0 aliphatic rings. The number of methoxy groups -OCH3 is 1. The quantitative estimate of drug-likeness (QED) is 0.257. The van der Waals surface area contributed by atoms with Crippen LogP contribution in [-0.2, 0) is 11.2 Å². The highest BCUT2D eigenvalue weighted by Gasteiger charge is 2.24. The molecular weight excluding hydrogens is 484 g/mol. The number of carbonyl (C=O) groups excluding carboxylic acids is 1. The van der Waals surface area contributed by atoms with Crippen molar-refractivity contribution in [1.29, 1.82) is 0 Å². The topological polar surface area (TPSA) is 145 Å². The third-order valence-electron chi connectivity index (χ3n) is 4.22. The molecule has 0 fully saturated rings. The lowest BCUT2D eigenvalue weighted by molar-refractivity contribution is -0.115. The molecule has 1 atom stereocenters. The molecule has 158 valence electrons. The summed E-state index contributed by atoms with van der Waals surface area (Å²) in [7, 11) is 1.49. The van der Waals surface area contributed by atoms with Crippen LogP contribution in [0.1, 0.15) is 5.56 Å². The average molecular weight is 501 g/mol. The van der Waals surface area contributed by atoms with Crippen LogP contribution in [0.3, 0.4) is 0 Å². The number of aromatic amines is 1. The summed E-state index contributed by atoms with van der Waals surface area (Å²) in [6.45, 7) is 0. The zero-order valence-electron chi connectivity index (χ0n) is 16.2. The van der Waals surface area contributed by atoms with Crippen molar-refractivity contribution in [1.82, 2.24) is 29.9 Å². The molecule has 0 saturated carbocycles. The molecule has 12 heteroatoms. The number of aromatic nitrogens is 6. The molecule has 0 aliphatic heterocycles. The lowest BCUT2D eigenvalue weighted by Crippen LogP contribution is -2.28. The molecule has 0 radical (unpaired) electrons. The Morgan fingerprint density at radius 3 is 2.84 bits per heavy atom. The predicted molar refractivity (Wildman–Crippen MR) is 121 cm³/mol. The molecule has 0 saturated heterocycles. The van der Waals surface area contributed by atoms with E-state index in [1.807, 2.05) is 30.3 Å². The smallest absolute Gasteiger partial charge is 0.240 e. The van der Waals surface area contributed by atoms with Gasteiger partial charge in [-0.15, -0.1) is 0 Å². The van der Waals surface area contributed by atoms with Gasteiger partial charge in [-0.05, 0) is 27.9 Å². The van der Waals surface area contributed by atoms with Gasteiger partial charge in [0, 0.05) is 0 Å². The third-order valence-corrected chi connectivity index (χ3v) is 5.95. The standard InChI is InChI=1S/C19H17BrN8O2S/c1-30-16-11(20)8-22-19(27-16)26-15(29)12(7-10-5-3-2-4-6-10)31-17-13-14(24-9-23-13)25-18(21)28-17/h2-6,8-9,12H,7H2,1H3,(H,22,26,27,29)(H3,21,23,24,25,28)/t12-/m1/s1. The summed E-state index contributed by atoms with van der Waals surface area (Å²) in [5.41, 5.74) is 7.88. The SMILES string of the molecule is COc1nc(NC(=O)[C@@H](Cc2ccccc2)Sc2nc(N)nc3nc[nH]c23)ncc1Br. The lowest BCUT2D eigenvalue weighted by Gasteiger charge is -2.16. The molecule has 0 spiro atoms. The van der Waals surface area contributed by atoms with Crippen molar-refractivity contribution >= 4 is 56.7 Å². The summed E-state index contributed by atoms with van der Waals surface area (Å²) >= 11 is 4.56. The summed E-state index contributed by atoms with van der Waals surface area (Å²) in [4.78, 5) is 37.1. The molecule has 1 aromatic carbocycles. The number of nitrogens with two attached hydrogens (primary N) is 1. The minimum atomic E-state index is -0.554. The van der Waals surface area contributed by atoms with Crippen molar-refractivity contribution in [3.05, 3.63) is 52.9 Å². The highest BCUT2D eigenvalue weighted by molar-refractivity contribution is 9.10. The van der Waals surface area contributed by atoms with E-state index in [9.17, 15) is 4.79 Å². The van der Waals surface area contributed by atoms with Crippen LogP contribution in [0.15, 0.2) is 52.4 Å². The molecule has 0 aliphatic carbocycles. The molecule has 10 nitrogen and oxygen atoms in total. The van der Waals surface area contributed by atoms with E-state index < -0.39 is 5.25 Å². The van der Waals surface area contributed by atoms with Gasteiger partial charge in [-0.2, -0.15) is 9.97 Å². The van der Waals surface area contributed by atoms with Gasteiger partial charge in [0.25, 0.3) is 0 Å². The van der Waals surface area contributed by atoms with Gasteiger partial charge in [0.05, 0.1) is 29.4 Å². The molecule has 0 bridgehead atoms. The number of ether oxygens (including phenoxy) is 1. The summed E-state index contributed by atoms with van der Waals surface area (Å²) in [5.74, 6) is 0.253. The van der Waals surface area contributed by atoms with Gasteiger partial charge in [0.1, 0.15) is 10.5 Å². The fourth-order valence-corrected chi connectivity index (χ4v) is 4.28. The van der Waals surface area contributed by atoms with Gasteiger partial charge >= 0.3 is 0 Å². The van der Waals surface area contributed by atoms with Crippen molar-refractivity contribution in [2.75, 3.05) is 18.2 Å². The molecule has 1 amide bonds. The number of hydrogen-bond acceptors (Lipinski definition) is 9. The average Bonchev–Trinajstić information content (AvgIpc) is 3.24. The van der Waals surface area contributed by atoms with E-state index in [1.54, 1.807) is 0 Å². The minimum absolute atomic E-state index is 0.0851. The fraction of sp³-hybridized carbons (Fsp3) is 0.158. The van der Waals surface area contributed by atoms with Crippen molar-refractivity contribution in [2.45, 2.75) is 16.7 Å². The van der Waals surface area contributed by atoms with Gasteiger partial charge < -0.3 is 15.5 Å². The number of thioether (sulfide) groups is 1. The number of amides is 1. The van der Waals surface area contributed by atoms with Crippen molar-refractivity contribution in [2.24, 2.45) is 0 Å². The molecule has 4 rings (SSSR count). The summed E-state index contributed by atoms with van der Waals surface area (Å²) in [6.07, 6.45) is 3.47. The number of nitrogens with zero attached hydrogens (tertiary/aromatic N) is 5. The fourth-order valence-electron chi connectivity index (χ4n) is 2.80. The van der Waals surface area contributed by atoms with Gasteiger partial charge in [0.2, 0.25) is 23.7 Å². The number of nitrogens with one attached hydrogen (secondary N) is 2. The Hall–Kier alpha value is -3.25. The van der Waals surface area contributed by atoms with E-state index in [0.29, 0.717) is 33.0 Å². The number of imidazole rings is 1. The molecule has 3 heterocycles. The number of carbonyl (C=O) groups is 1. The van der Waals surface area contributed by atoms with Crippen LogP contribution in [0.5, 0.6) is 5.88 Å². The lowest BCUT2D eigenvalue weighted by atomic mass is 10.1. The normalized spacial score (nSPS) is 11.9. The number of halogens is 1. The molecule has 3 aromatic heterocycles. The second-order valence-corrected chi connectivity index (χ2v) is 8.37. The molecule has 4 aromatic rings. The maximum atomic E-state index is 13.2. The maximum Gasteiger partial charge on any atom is 0.240 e. The van der Waals surface area contributed by atoms with Crippen molar-refractivity contribution in [3.8, 4) is 5.88 Å². The van der Waals surface area contributed by atoms with Crippen LogP contribution in [0.2, 0.25) is 0 Å². The van der Waals surface area contributed by atoms with E-state index in [4.69, 9.17) is 10.5 Å². The minimum Gasteiger partial charge on any atom is -0.480 e. The van der Waals surface area contributed by atoms with Gasteiger partial charge in [0.15, 0.2) is 5.65 Å². The van der Waals surface area contributed by atoms with E-state index in [2.05, 4.69) is 51.2 Å². The zero-order chi connectivity index (χ0) is 21.8. The Kier molecular flexibility index (Phi) is 6.28. The van der Waals surface area contributed by atoms with Crippen LogP contribution >= 0.6 is 27.7 Å². The molecule has 4 N–H and O–H groups in total. The first kappa shape index (κ1) is 21.0. The van der Waals surface area contributed by atoms with E-state index in [1.165, 1.54) is 31.4 Å². The Balaban J connectivity index is 1.63. The number of H-pyrrole nitrogens is 1. The zero-order valence-corrected chi connectivity index (χ0v) is 18.6.